The van der Waals surface area contributed by atoms with E-state index in [2.05, 4.69) is 35.8 Å². The van der Waals surface area contributed by atoms with Crippen LogP contribution in [0.15, 0.2) is 17.5 Å². The van der Waals surface area contributed by atoms with Crippen LogP contribution in [0.25, 0.3) is 0 Å². The van der Waals surface area contributed by atoms with E-state index in [1.807, 2.05) is 0 Å². The summed E-state index contributed by atoms with van der Waals surface area (Å²) < 4.78 is 0. The van der Waals surface area contributed by atoms with Gasteiger partial charge in [0.2, 0.25) is 0 Å². The van der Waals surface area contributed by atoms with E-state index in [-0.39, 0.29) is 5.54 Å². The maximum Gasteiger partial charge on any atom is 0.109 e. The molecule has 2 unspecified atom stereocenters. The van der Waals surface area contributed by atoms with Crippen LogP contribution in [0.4, 0.5) is 0 Å². The lowest BCUT2D eigenvalue weighted by Crippen LogP contribution is -2.50. The summed E-state index contributed by atoms with van der Waals surface area (Å²) in [6.45, 7) is 3.03. The highest BCUT2D eigenvalue weighted by molar-refractivity contribution is 7.09. The van der Waals surface area contributed by atoms with Crippen LogP contribution < -0.4 is 5.32 Å². The number of hydrogen-bond acceptors (Lipinski definition) is 3. The van der Waals surface area contributed by atoms with Crippen molar-refractivity contribution in [1.29, 1.82) is 5.26 Å². The molecule has 1 N–H and O–H groups in total. The Labute approximate surface area is 101 Å². The molecule has 1 aliphatic rings. The van der Waals surface area contributed by atoms with Gasteiger partial charge in [-0.3, -0.25) is 5.32 Å². The molecule has 1 aromatic heterocycles. The van der Waals surface area contributed by atoms with Gasteiger partial charge in [0.1, 0.15) is 5.54 Å². The van der Waals surface area contributed by atoms with Crippen LogP contribution >= 0.6 is 11.3 Å². The first kappa shape index (κ1) is 11.6. The van der Waals surface area contributed by atoms with Crippen molar-refractivity contribution in [3.05, 3.63) is 22.4 Å². The van der Waals surface area contributed by atoms with E-state index in [1.54, 1.807) is 11.3 Å². The summed E-state index contributed by atoms with van der Waals surface area (Å²) in [5.41, 5.74) is -0.289. The average molecular weight is 234 g/mol. The first-order valence-corrected chi connectivity index (χ1v) is 6.83. The number of nitrogens with zero attached hydrogens (tertiary/aromatic N) is 1. The molecule has 1 aromatic rings. The molecule has 0 spiro atoms. The van der Waals surface area contributed by atoms with Crippen molar-refractivity contribution in [3.63, 3.8) is 0 Å². The summed E-state index contributed by atoms with van der Waals surface area (Å²) in [6.07, 6.45) is 4.61. The minimum Gasteiger partial charge on any atom is -0.294 e. The fourth-order valence-corrected chi connectivity index (χ4v) is 3.12. The van der Waals surface area contributed by atoms with Gasteiger partial charge in [0.25, 0.3) is 0 Å². The molecule has 2 atom stereocenters. The third-order valence-corrected chi connectivity index (χ3v) is 4.53. The minimum absolute atomic E-state index is 0.289. The second kappa shape index (κ2) is 4.99. The number of rotatable bonds is 3. The molecule has 2 rings (SSSR count). The number of thiophene rings is 1. The molecule has 0 radical (unpaired) electrons. The van der Waals surface area contributed by atoms with Gasteiger partial charge in [-0.2, -0.15) is 5.26 Å². The van der Waals surface area contributed by atoms with E-state index in [9.17, 15) is 5.26 Å². The van der Waals surface area contributed by atoms with Crippen molar-refractivity contribution in [3.8, 4) is 6.07 Å². The zero-order valence-corrected chi connectivity index (χ0v) is 10.5. The molecule has 0 bridgehead atoms. The minimum atomic E-state index is -0.289. The van der Waals surface area contributed by atoms with Gasteiger partial charge in [-0.1, -0.05) is 25.8 Å². The topological polar surface area (TPSA) is 35.8 Å². The number of hydrogen-bond donors (Lipinski definition) is 1. The van der Waals surface area contributed by atoms with Crippen molar-refractivity contribution >= 4 is 11.3 Å². The molecular formula is C13H18N2S. The van der Waals surface area contributed by atoms with Gasteiger partial charge in [-0.15, -0.1) is 11.3 Å². The second-order valence-electron chi connectivity index (χ2n) is 4.66. The molecule has 1 saturated carbocycles. The summed E-state index contributed by atoms with van der Waals surface area (Å²) in [4.78, 5) is 1.31. The van der Waals surface area contributed by atoms with Crippen LogP contribution in [0.1, 0.15) is 37.5 Å². The van der Waals surface area contributed by atoms with Crippen molar-refractivity contribution in [2.24, 2.45) is 5.92 Å². The quantitative estimate of drug-likeness (QED) is 0.871. The Morgan fingerprint density at radius 1 is 1.62 bits per heavy atom. The van der Waals surface area contributed by atoms with Gasteiger partial charge in [0, 0.05) is 11.4 Å². The fraction of sp³-hybridized carbons (Fsp3) is 0.615. The van der Waals surface area contributed by atoms with Crippen molar-refractivity contribution in [1.82, 2.24) is 5.32 Å². The summed E-state index contributed by atoms with van der Waals surface area (Å²) >= 11 is 1.75. The lowest BCUT2D eigenvalue weighted by Gasteiger charge is -2.37. The molecule has 2 nitrogen and oxygen atoms in total. The van der Waals surface area contributed by atoms with Crippen LogP contribution in [0.5, 0.6) is 0 Å². The van der Waals surface area contributed by atoms with Crippen LogP contribution in [-0.4, -0.2) is 5.54 Å². The van der Waals surface area contributed by atoms with Crippen LogP contribution in [0, 0.1) is 17.2 Å². The first-order valence-electron chi connectivity index (χ1n) is 5.95. The standard InChI is InChI=1S/C13H18N2S/c1-11-5-2-3-7-13(11,10-14)15-9-12-6-4-8-16-12/h4,6,8,11,15H,2-3,5,7,9H2,1H3. The van der Waals surface area contributed by atoms with Crippen molar-refractivity contribution in [2.75, 3.05) is 0 Å². The Morgan fingerprint density at radius 3 is 3.12 bits per heavy atom. The molecule has 1 heterocycles. The van der Waals surface area contributed by atoms with E-state index in [0.29, 0.717) is 5.92 Å². The highest BCUT2D eigenvalue weighted by atomic mass is 32.1. The lowest BCUT2D eigenvalue weighted by molar-refractivity contribution is 0.211. The second-order valence-corrected chi connectivity index (χ2v) is 5.70. The predicted octanol–water partition coefficient (Wildman–Crippen LogP) is 3.31. The third-order valence-electron chi connectivity index (χ3n) is 3.66. The summed E-state index contributed by atoms with van der Waals surface area (Å²) in [6, 6.07) is 6.70. The van der Waals surface area contributed by atoms with E-state index in [0.717, 1.165) is 13.0 Å². The molecule has 3 heteroatoms. The maximum atomic E-state index is 9.43. The Kier molecular flexibility index (Phi) is 3.63. The average Bonchev–Trinajstić information content (AvgIpc) is 2.82. The number of nitrogens with one attached hydrogen (secondary N) is 1. The monoisotopic (exact) mass is 234 g/mol. The van der Waals surface area contributed by atoms with Gasteiger partial charge < -0.3 is 0 Å². The van der Waals surface area contributed by atoms with Gasteiger partial charge in [0.15, 0.2) is 0 Å². The van der Waals surface area contributed by atoms with E-state index in [1.165, 1.54) is 24.1 Å². The molecule has 1 fully saturated rings. The maximum absolute atomic E-state index is 9.43. The smallest absolute Gasteiger partial charge is 0.109 e. The predicted molar refractivity (Wildman–Crippen MR) is 67.1 cm³/mol. The Hall–Kier alpha value is -0.850. The van der Waals surface area contributed by atoms with E-state index >= 15 is 0 Å². The molecule has 1 aliphatic carbocycles. The van der Waals surface area contributed by atoms with Gasteiger partial charge in [0.05, 0.1) is 6.07 Å². The Morgan fingerprint density at radius 2 is 2.50 bits per heavy atom. The summed E-state index contributed by atoms with van der Waals surface area (Å²) in [5, 5.41) is 15.0. The van der Waals surface area contributed by atoms with E-state index in [4.69, 9.17) is 0 Å². The molecule has 16 heavy (non-hydrogen) atoms. The SMILES string of the molecule is CC1CCCCC1(C#N)NCc1cccs1. The molecule has 0 aromatic carbocycles. The van der Waals surface area contributed by atoms with Gasteiger partial charge in [-0.05, 0) is 30.2 Å². The molecular weight excluding hydrogens is 216 g/mol. The summed E-state index contributed by atoms with van der Waals surface area (Å²) in [5.74, 6) is 0.464. The normalized spacial score (nSPS) is 29.9. The van der Waals surface area contributed by atoms with Crippen molar-refractivity contribution < 1.29 is 0 Å². The zero-order valence-electron chi connectivity index (χ0n) is 9.70. The largest absolute Gasteiger partial charge is 0.294 e. The lowest BCUT2D eigenvalue weighted by atomic mass is 9.74. The zero-order chi connectivity index (χ0) is 11.4. The Bertz CT molecular complexity index is 366. The number of nitriles is 1. The first-order chi connectivity index (χ1) is 7.77. The summed E-state index contributed by atoms with van der Waals surface area (Å²) in [7, 11) is 0. The Balaban J connectivity index is 2.01. The van der Waals surface area contributed by atoms with E-state index < -0.39 is 0 Å². The molecule has 86 valence electrons. The van der Waals surface area contributed by atoms with Crippen molar-refractivity contribution in [2.45, 2.75) is 44.7 Å². The highest BCUT2D eigenvalue weighted by Gasteiger charge is 2.37. The molecule has 0 amide bonds. The fourth-order valence-electron chi connectivity index (χ4n) is 2.47. The van der Waals surface area contributed by atoms with Crippen LogP contribution in [0.3, 0.4) is 0 Å². The molecule has 0 aliphatic heterocycles. The van der Waals surface area contributed by atoms with Gasteiger partial charge in [-0.25, -0.2) is 0 Å². The third kappa shape index (κ3) is 2.28. The van der Waals surface area contributed by atoms with Gasteiger partial charge >= 0.3 is 0 Å². The van der Waals surface area contributed by atoms with Crippen LogP contribution in [-0.2, 0) is 6.54 Å². The highest BCUT2D eigenvalue weighted by Crippen LogP contribution is 2.33. The van der Waals surface area contributed by atoms with Crippen LogP contribution in [0.2, 0.25) is 0 Å². The molecule has 0 saturated heterocycles.